The summed E-state index contributed by atoms with van der Waals surface area (Å²) >= 11 is 5.92. The summed E-state index contributed by atoms with van der Waals surface area (Å²) in [7, 11) is 0. The van der Waals surface area contributed by atoms with Crippen molar-refractivity contribution in [3.63, 3.8) is 0 Å². The van der Waals surface area contributed by atoms with Gasteiger partial charge in [0.05, 0.1) is 18.6 Å². The van der Waals surface area contributed by atoms with Crippen molar-refractivity contribution >= 4 is 17.5 Å². The van der Waals surface area contributed by atoms with Gasteiger partial charge in [-0.1, -0.05) is 61.8 Å². The first-order valence-electron chi connectivity index (χ1n) is 9.08. The molecule has 4 nitrogen and oxygen atoms in total. The Morgan fingerprint density at radius 1 is 1.22 bits per heavy atom. The summed E-state index contributed by atoms with van der Waals surface area (Å²) in [6.07, 6.45) is 4.40. The lowest BCUT2D eigenvalue weighted by Crippen LogP contribution is -2.30. The number of halogens is 1. The van der Waals surface area contributed by atoms with Crippen LogP contribution in [0.1, 0.15) is 47.1 Å². The molecular formula is C22H22ClN3O. The minimum absolute atomic E-state index is 0.00952. The molecule has 1 heterocycles. The SMILES string of the molecule is CC1(C)Cc2ccccc2C1n1cncc1C(=O)NCc1ccc(Cl)cc1. The predicted molar refractivity (Wildman–Crippen MR) is 107 cm³/mol. The van der Waals surface area contributed by atoms with Gasteiger partial charge >= 0.3 is 0 Å². The van der Waals surface area contributed by atoms with Crippen molar-refractivity contribution in [1.29, 1.82) is 0 Å². The van der Waals surface area contributed by atoms with E-state index in [-0.39, 0.29) is 17.4 Å². The van der Waals surface area contributed by atoms with Gasteiger partial charge < -0.3 is 9.88 Å². The van der Waals surface area contributed by atoms with Gasteiger partial charge in [0.25, 0.3) is 5.91 Å². The number of fused-ring (bicyclic) bond motifs is 1. The van der Waals surface area contributed by atoms with E-state index in [2.05, 4.69) is 48.4 Å². The number of carbonyl (C=O) groups is 1. The summed E-state index contributed by atoms with van der Waals surface area (Å²) in [5.74, 6) is -0.123. The first-order chi connectivity index (χ1) is 13.0. The lowest BCUT2D eigenvalue weighted by molar-refractivity contribution is 0.0936. The molecule has 1 atom stereocenters. The van der Waals surface area contributed by atoms with Crippen LogP contribution in [0.15, 0.2) is 61.1 Å². The van der Waals surface area contributed by atoms with Gasteiger partial charge in [-0.15, -0.1) is 0 Å². The highest BCUT2D eigenvalue weighted by Gasteiger charge is 2.41. The number of imidazole rings is 1. The molecule has 0 spiro atoms. The highest BCUT2D eigenvalue weighted by Crippen LogP contribution is 2.47. The van der Waals surface area contributed by atoms with Gasteiger partial charge in [0, 0.05) is 11.6 Å². The van der Waals surface area contributed by atoms with Crippen molar-refractivity contribution in [3.05, 3.63) is 88.5 Å². The average Bonchev–Trinajstić information content (AvgIpc) is 3.21. The van der Waals surface area contributed by atoms with E-state index in [4.69, 9.17) is 11.6 Å². The van der Waals surface area contributed by atoms with Crippen LogP contribution in [-0.2, 0) is 13.0 Å². The fourth-order valence-corrected chi connectivity index (χ4v) is 4.18. The number of rotatable bonds is 4. The summed E-state index contributed by atoms with van der Waals surface area (Å²) in [5.41, 5.74) is 4.21. The molecule has 0 fully saturated rings. The van der Waals surface area contributed by atoms with Crippen molar-refractivity contribution in [2.75, 3.05) is 0 Å². The number of benzene rings is 2. The minimum Gasteiger partial charge on any atom is -0.347 e. The van der Waals surface area contributed by atoms with E-state index < -0.39 is 0 Å². The Kier molecular flexibility index (Phi) is 4.52. The van der Waals surface area contributed by atoms with Crippen molar-refractivity contribution in [1.82, 2.24) is 14.9 Å². The zero-order valence-corrected chi connectivity index (χ0v) is 16.2. The van der Waals surface area contributed by atoms with Crippen LogP contribution in [0.4, 0.5) is 0 Å². The highest BCUT2D eigenvalue weighted by atomic mass is 35.5. The van der Waals surface area contributed by atoms with Gasteiger partial charge in [0.1, 0.15) is 5.69 Å². The van der Waals surface area contributed by atoms with Crippen molar-refractivity contribution in [3.8, 4) is 0 Å². The molecular weight excluding hydrogens is 358 g/mol. The molecule has 0 bridgehead atoms. The maximum Gasteiger partial charge on any atom is 0.269 e. The van der Waals surface area contributed by atoms with Crippen molar-refractivity contribution in [2.24, 2.45) is 5.41 Å². The van der Waals surface area contributed by atoms with Gasteiger partial charge in [-0.25, -0.2) is 4.98 Å². The fraction of sp³-hybridized carbons (Fsp3) is 0.273. The van der Waals surface area contributed by atoms with E-state index in [9.17, 15) is 4.79 Å². The molecule has 3 aromatic rings. The van der Waals surface area contributed by atoms with Gasteiger partial charge in [-0.05, 0) is 40.7 Å². The Bertz CT molecular complexity index is 975. The van der Waals surface area contributed by atoms with Crippen LogP contribution in [0.25, 0.3) is 0 Å². The monoisotopic (exact) mass is 379 g/mol. The summed E-state index contributed by atoms with van der Waals surface area (Å²) in [6.45, 7) is 4.94. The maximum atomic E-state index is 12.8. The average molecular weight is 380 g/mol. The van der Waals surface area contributed by atoms with E-state index in [0.717, 1.165) is 12.0 Å². The standard InChI is InChI=1S/C22H22ClN3O/c1-22(2)11-16-5-3-4-6-18(16)20(22)26-14-24-13-19(26)21(27)25-12-15-7-9-17(23)10-8-15/h3-10,13-14,20H,11-12H2,1-2H3,(H,25,27). The largest absolute Gasteiger partial charge is 0.347 e. The molecule has 0 aliphatic heterocycles. The molecule has 0 saturated heterocycles. The van der Waals surface area contributed by atoms with Crippen LogP contribution < -0.4 is 5.32 Å². The summed E-state index contributed by atoms with van der Waals surface area (Å²) in [6, 6.07) is 16.0. The van der Waals surface area contributed by atoms with Crippen molar-refractivity contribution < 1.29 is 4.79 Å². The van der Waals surface area contributed by atoms with E-state index in [1.54, 1.807) is 12.5 Å². The van der Waals surface area contributed by atoms with E-state index in [0.29, 0.717) is 17.3 Å². The van der Waals surface area contributed by atoms with Crippen LogP contribution >= 0.6 is 11.6 Å². The topological polar surface area (TPSA) is 46.9 Å². The van der Waals surface area contributed by atoms with Crippen LogP contribution in [0.5, 0.6) is 0 Å². The molecule has 1 N–H and O–H groups in total. The molecule has 1 aromatic heterocycles. The Morgan fingerprint density at radius 3 is 2.74 bits per heavy atom. The molecule has 138 valence electrons. The fourth-order valence-electron chi connectivity index (χ4n) is 4.06. The smallest absolute Gasteiger partial charge is 0.269 e. The number of carbonyl (C=O) groups excluding carboxylic acids is 1. The lowest BCUT2D eigenvalue weighted by atomic mass is 9.85. The third-order valence-electron chi connectivity index (χ3n) is 5.28. The molecule has 4 rings (SSSR count). The summed E-state index contributed by atoms with van der Waals surface area (Å²) < 4.78 is 2.02. The molecule has 0 saturated carbocycles. The number of hydrogen-bond acceptors (Lipinski definition) is 2. The van der Waals surface area contributed by atoms with Crippen molar-refractivity contribution in [2.45, 2.75) is 32.9 Å². The van der Waals surface area contributed by atoms with Gasteiger partial charge in [0.2, 0.25) is 0 Å². The maximum absolute atomic E-state index is 12.8. The second-order valence-corrected chi connectivity index (χ2v) is 8.20. The van der Waals surface area contributed by atoms with Gasteiger partial charge in [-0.2, -0.15) is 0 Å². The molecule has 2 aromatic carbocycles. The molecule has 1 aliphatic rings. The van der Waals surface area contributed by atoms with E-state index >= 15 is 0 Å². The van der Waals surface area contributed by atoms with E-state index in [1.165, 1.54) is 11.1 Å². The Morgan fingerprint density at radius 2 is 1.96 bits per heavy atom. The normalized spacial score (nSPS) is 17.5. The molecule has 5 heteroatoms. The second-order valence-electron chi connectivity index (χ2n) is 7.76. The Balaban J connectivity index is 1.59. The minimum atomic E-state index is -0.123. The Labute approximate surface area is 164 Å². The zero-order valence-electron chi connectivity index (χ0n) is 15.4. The van der Waals surface area contributed by atoms with Crippen LogP contribution in [-0.4, -0.2) is 15.5 Å². The third-order valence-corrected chi connectivity index (χ3v) is 5.53. The quantitative estimate of drug-likeness (QED) is 0.717. The zero-order chi connectivity index (χ0) is 19.0. The van der Waals surface area contributed by atoms with E-state index in [1.807, 2.05) is 28.8 Å². The van der Waals surface area contributed by atoms with Crippen LogP contribution in [0.3, 0.4) is 0 Å². The van der Waals surface area contributed by atoms with Crippen LogP contribution in [0.2, 0.25) is 5.02 Å². The molecule has 0 radical (unpaired) electrons. The molecule has 27 heavy (non-hydrogen) atoms. The summed E-state index contributed by atoms with van der Waals surface area (Å²) in [5, 5.41) is 3.68. The van der Waals surface area contributed by atoms with Gasteiger partial charge in [-0.3, -0.25) is 4.79 Å². The number of hydrogen-bond donors (Lipinski definition) is 1. The van der Waals surface area contributed by atoms with Crippen LogP contribution in [0, 0.1) is 5.41 Å². The number of nitrogens with zero attached hydrogens (tertiary/aromatic N) is 2. The Hall–Kier alpha value is -2.59. The number of amides is 1. The first-order valence-corrected chi connectivity index (χ1v) is 9.46. The summed E-state index contributed by atoms with van der Waals surface area (Å²) in [4.78, 5) is 17.1. The second kappa shape index (κ2) is 6.86. The third kappa shape index (κ3) is 3.37. The number of aromatic nitrogens is 2. The molecule has 1 amide bonds. The highest BCUT2D eigenvalue weighted by molar-refractivity contribution is 6.30. The molecule has 1 aliphatic carbocycles. The predicted octanol–water partition coefficient (Wildman–Crippen LogP) is 4.64. The number of nitrogens with one attached hydrogen (secondary N) is 1. The molecule has 1 unspecified atom stereocenters. The lowest BCUT2D eigenvalue weighted by Gasteiger charge is -2.30. The first kappa shape index (κ1) is 17.8. The van der Waals surface area contributed by atoms with Gasteiger partial charge in [0.15, 0.2) is 0 Å².